The van der Waals surface area contributed by atoms with Crippen molar-refractivity contribution in [2.75, 3.05) is 6.61 Å². The summed E-state index contributed by atoms with van der Waals surface area (Å²) in [4.78, 5) is 11.6. The highest BCUT2D eigenvalue weighted by Gasteiger charge is 2.32. The van der Waals surface area contributed by atoms with Crippen LogP contribution in [0.2, 0.25) is 0 Å². The summed E-state index contributed by atoms with van der Waals surface area (Å²) in [5, 5.41) is 9.05. The van der Waals surface area contributed by atoms with Gasteiger partial charge in [0.1, 0.15) is 5.92 Å². The van der Waals surface area contributed by atoms with Crippen molar-refractivity contribution < 1.29 is 9.53 Å². The maximum Gasteiger partial charge on any atom is 0.323 e. The molecule has 0 heterocycles. The first-order chi connectivity index (χ1) is 7.72. The van der Waals surface area contributed by atoms with Crippen LogP contribution in [0, 0.1) is 29.1 Å². The Kier molecular flexibility index (Phi) is 5.31. The molecule has 1 unspecified atom stereocenters. The van der Waals surface area contributed by atoms with E-state index in [0.717, 1.165) is 31.6 Å². The molecule has 0 aromatic rings. The van der Waals surface area contributed by atoms with Crippen molar-refractivity contribution in [1.29, 1.82) is 5.26 Å². The second-order valence-corrected chi connectivity index (χ2v) is 4.55. The van der Waals surface area contributed by atoms with Crippen molar-refractivity contribution in [1.82, 2.24) is 0 Å². The third-order valence-electron chi connectivity index (χ3n) is 3.62. The maximum absolute atomic E-state index is 11.6. The van der Waals surface area contributed by atoms with Gasteiger partial charge in [-0.2, -0.15) is 5.26 Å². The van der Waals surface area contributed by atoms with Gasteiger partial charge >= 0.3 is 5.97 Å². The first-order valence-electron chi connectivity index (χ1n) is 6.29. The lowest BCUT2D eigenvalue weighted by atomic mass is 9.75. The fourth-order valence-electron chi connectivity index (χ4n) is 2.51. The number of nitrogens with zero attached hydrogens (tertiary/aromatic N) is 1. The van der Waals surface area contributed by atoms with Gasteiger partial charge in [0.2, 0.25) is 0 Å². The highest BCUT2D eigenvalue weighted by Crippen LogP contribution is 2.35. The average Bonchev–Trinajstić information content (AvgIpc) is 2.31. The lowest BCUT2D eigenvalue weighted by Crippen LogP contribution is -2.28. The van der Waals surface area contributed by atoms with Crippen LogP contribution in [0.3, 0.4) is 0 Å². The van der Waals surface area contributed by atoms with E-state index in [1.807, 2.05) is 0 Å². The summed E-state index contributed by atoms with van der Waals surface area (Å²) in [6.45, 7) is 4.35. The zero-order valence-electron chi connectivity index (χ0n) is 10.2. The van der Waals surface area contributed by atoms with Gasteiger partial charge in [-0.15, -0.1) is 0 Å². The van der Waals surface area contributed by atoms with Gasteiger partial charge in [-0.25, -0.2) is 0 Å². The Morgan fingerprint density at radius 2 is 2.00 bits per heavy atom. The van der Waals surface area contributed by atoms with Crippen molar-refractivity contribution in [3.8, 4) is 6.07 Å². The lowest BCUT2D eigenvalue weighted by molar-refractivity contribution is -0.148. The number of carbonyl (C=O) groups is 1. The van der Waals surface area contributed by atoms with Crippen LogP contribution >= 0.6 is 0 Å². The standard InChI is InChI=1S/C13H21NO2/c1-3-10-5-7-11(8-6-10)12(9-14)13(15)16-4-2/h10-12H,3-8H2,1-2H3. The summed E-state index contributed by atoms with van der Waals surface area (Å²) in [7, 11) is 0. The quantitative estimate of drug-likeness (QED) is 0.688. The first-order valence-corrected chi connectivity index (χ1v) is 6.29. The van der Waals surface area contributed by atoms with E-state index >= 15 is 0 Å². The van der Waals surface area contributed by atoms with Crippen molar-refractivity contribution in [3.05, 3.63) is 0 Å². The molecule has 90 valence electrons. The van der Waals surface area contributed by atoms with Crippen LogP contribution in [0.25, 0.3) is 0 Å². The molecule has 0 aromatic heterocycles. The molecule has 0 saturated heterocycles. The number of nitriles is 1. The number of hydrogen-bond donors (Lipinski definition) is 0. The minimum Gasteiger partial charge on any atom is -0.465 e. The van der Waals surface area contributed by atoms with Gasteiger partial charge in [0.05, 0.1) is 12.7 Å². The molecule has 1 aliphatic rings. The Labute approximate surface area is 97.8 Å². The van der Waals surface area contributed by atoms with Gasteiger partial charge in [-0.3, -0.25) is 4.79 Å². The van der Waals surface area contributed by atoms with Crippen LogP contribution in [0.1, 0.15) is 46.0 Å². The van der Waals surface area contributed by atoms with Gasteiger partial charge in [-0.05, 0) is 31.6 Å². The highest BCUT2D eigenvalue weighted by molar-refractivity contribution is 5.75. The van der Waals surface area contributed by atoms with E-state index < -0.39 is 5.92 Å². The van der Waals surface area contributed by atoms with Crippen LogP contribution in [0.5, 0.6) is 0 Å². The monoisotopic (exact) mass is 223 g/mol. The molecular weight excluding hydrogens is 202 g/mol. The molecule has 0 N–H and O–H groups in total. The predicted octanol–water partition coefficient (Wildman–Crippen LogP) is 2.91. The van der Waals surface area contributed by atoms with E-state index in [9.17, 15) is 4.79 Å². The zero-order chi connectivity index (χ0) is 12.0. The molecule has 0 spiro atoms. The molecule has 1 rings (SSSR count). The van der Waals surface area contributed by atoms with Gasteiger partial charge in [0.15, 0.2) is 0 Å². The summed E-state index contributed by atoms with van der Waals surface area (Å²) >= 11 is 0. The van der Waals surface area contributed by atoms with Gasteiger partial charge in [0.25, 0.3) is 0 Å². The van der Waals surface area contributed by atoms with E-state index in [4.69, 9.17) is 10.00 Å². The molecular formula is C13H21NO2. The summed E-state index contributed by atoms with van der Waals surface area (Å²) in [5.74, 6) is 0.132. The van der Waals surface area contributed by atoms with E-state index in [2.05, 4.69) is 13.0 Å². The molecule has 1 saturated carbocycles. The zero-order valence-corrected chi connectivity index (χ0v) is 10.2. The molecule has 0 radical (unpaired) electrons. The third-order valence-corrected chi connectivity index (χ3v) is 3.62. The van der Waals surface area contributed by atoms with Crippen LogP contribution < -0.4 is 0 Å². The van der Waals surface area contributed by atoms with Crippen molar-refractivity contribution in [2.45, 2.75) is 46.0 Å². The number of ether oxygens (including phenoxy) is 1. The van der Waals surface area contributed by atoms with Crippen LogP contribution in [-0.2, 0) is 9.53 Å². The van der Waals surface area contributed by atoms with Crippen LogP contribution in [-0.4, -0.2) is 12.6 Å². The molecule has 1 atom stereocenters. The SMILES string of the molecule is CCOC(=O)C(C#N)C1CCC(CC)CC1. The predicted molar refractivity (Wildman–Crippen MR) is 61.5 cm³/mol. The first kappa shape index (κ1) is 13.0. The minimum absolute atomic E-state index is 0.215. The van der Waals surface area contributed by atoms with Crippen LogP contribution in [0.15, 0.2) is 0 Å². The van der Waals surface area contributed by atoms with E-state index in [0.29, 0.717) is 6.61 Å². The molecule has 3 heteroatoms. The Bertz CT molecular complexity index is 262. The van der Waals surface area contributed by atoms with Crippen LogP contribution in [0.4, 0.5) is 0 Å². The summed E-state index contributed by atoms with van der Waals surface area (Å²) in [5.41, 5.74) is 0. The normalized spacial score (nSPS) is 26.8. The molecule has 0 aromatic carbocycles. The second kappa shape index (κ2) is 6.52. The van der Waals surface area contributed by atoms with Gasteiger partial charge < -0.3 is 4.74 Å². The Balaban J connectivity index is 2.50. The fraction of sp³-hybridized carbons (Fsp3) is 0.846. The molecule has 16 heavy (non-hydrogen) atoms. The summed E-state index contributed by atoms with van der Waals surface area (Å²) in [6, 6.07) is 2.11. The van der Waals surface area contributed by atoms with E-state index in [-0.39, 0.29) is 11.9 Å². The molecule has 0 amide bonds. The molecule has 1 aliphatic carbocycles. The minimum atomic E-state index is -0.544. The second-order valence-electron chi connectivity index (χ2n) is 4.55. The average molecular weight is 223 g/mol. The number of esters is 1. The van der Waals surface area contributed by atoms with Crippen molar-refractivity contribution in [3.63, 3.8) is 0 Å². The third kappa shape index (κ3) is 3.23. The van der Waals surface area contributed by atoms with E-state index in [1.165, 1.54) is 6.42 Å². The molecule has 3 nitrogen and oxygen atoms in total. The number of rotatable bonds is 4. The number of hydrogen-bond acceptors (Lipinski definition) is 3. The lowest BCUT2D eigenvalue weighted by Gasteiger charge is -2.29. The molecule has 1 fully saturated rings. The summed E-state index contributed by atoms with van der Waals surface area (Å²) < 4.78 is 4.94. The molecule has 0 bridgehead atoms. The van der Waals surface area contributed by atoms with Crippen molar-refractivity contribution >= 4 is 5.97 Å². The Morgan fingerprint density at radius 3 is 2.44 bits per heavy atom. The van der Waals surface area contributed by atoms with Gasteiger partial charge in [0, 0.05) is 0 Å². The topological polar surface area (TPSA) is 50.1 Å². The molecule has 0 aliphatic heterocycles. The number of carbonyl (C=O) groups excluding carboxylic acids is 1. The van der Waals surface area contributed by atoms with Crippen molar-refractivity contribution in [2.24, 2.45) is 17.8 Å². The van der Waals surface area contributed by atoms with E-state index in [1.54, 1.807) is 6.92 Å². The maximum atomic E-state index is 11.6. The fourth-order valence-corrected chi connectivity index (χ4v) is 2.51. The Morgan fingerprint density at radius 1 is 1.38 bits per heavy atom. The summed E-state index contributed by atoms with van der Waals surface area (Å²) in [6.07, 6.45) is 5.51. The smallest absolute Gasteiger partial charge is 0.323 e. The Hall–Kier alpha value is -1.04. The van der Waals surface area contributed by atoms with Gasteiger partial charge in [-0.1, -0.05) is 26.2 Å². The largest absolute Gasteiger partial charge is 0.465 e. The highest BCUT2D eigenvalue weighted by atomic mass is 16.5.